The van der Waals surface area contributed by atoms with E-state index >= 15 is 0 Å². The lowest BCUT2D eigenvalue weighted by Crippen LogP contribution is -2.47. The molecule has 0 radical (unpaired) electrons. The van der Waals surface area contributed by atoms with Gasteiger partial charge in [0.25, 0.3) is 0 Å². The van der Waals surface area contributed by atoms with Crippen LogP contribution in [0.2, 0.25) is 0 Å². The Kier molecular flexibility index (Phi) is 3.03. The van der Waals surface area contributed by atoms with Crippen LogP contribution in [0, 0.1) is 5.92 Å². The fourth-order valence-electron chi connectivity index (χ4n) is 2.02. The van der Waals surface area contributed by atoms with Crippen molar-refractivity contribution in [1.29, 1.82) is 0 Å². The SMILES string of the molecule is CO[C@H]1CNCC1NC(=O)C1CCC1. The molecule has 14 heavy (non-hydrogen) atoms. The van der Waals surface area contributed by atoms with Gasteiger partial charge in [-0.3, -0.25) is 4.79 Å². The summed E-state index contributed by atoms with van der Waals surface area (Å²) in [4.78, 5) is 11.6. The third-order valence-electron chi connectivity index (χ3n) is 3.26. The summed E-state index contributed by atoms with van der Waals surface area (Å²) < 4.78 is 5.28. The van der Waals surface area contributed by atoms with Gasteiger partial charge in [-0.15, -0.1) is 0 Å². The lowest BCUT2D eigenvalue weighted by Gasteiger charge is -2.27. The highest BCUT2D eigenvalue weighted by Crippen LogP contribution is 2.26. The van der Waals surface area contributed by atoms with Gasteiger partial charge in [-0.1, -0.05) is 6.42 Å². The average Bonchev–Trinajstić information content (AvgIpc) is 2.48. The predicted octanol–water partition coefficient (Wildman–Crippen LogP) is -0.111. The standard InChI is InChI=1S/C10H18N2O2/c1-14-9-6-11-5-8(9)12-10(13)7-3-2-4-7/h7-9,11H,2-6H2,1H3,(H,12,13)/t8?,9-/m0/s1. The predicted molar refractivity (Wildman–Crippen MR) is 52.9 cm³/mol. The van der Waals surface area contributed by atoms with Crippen LogP contribution in [0.25, 0.3) is 0 Å². The second kappa shape index (κ2) is 4.28. The highest BCUT2D eigenvalue weighted by Gasteiger charge is 2.32. The van der Waals surface area contributed by atoms with Crippen molar-refractivity contribution >= 4 is 5.91 Å². The van der Waals surface area contributed by atoms with Crippen LogP contribution in [-0.4, -0.2) is 38.3 Å². The molecule has 1 amide bonds. The van der Waals surface area contributed by atoms with Crippen LogP contribution in [-0.2, 0) is 9.53 Å². The second-order valence-corrected chi connectivity index (χ2v) is 4.18. The molecule has 0 spiro atoms. The monoisotopic (exact) mass is 198 g/mol. The molecule has 0 aromatic rings. The molecule has 2 N–H and O–H groups in total. The summed E-state index contributed by atoms with van der Waals surface area (Å²) in [6, 6.07) is 0.160. The molecule has 1 unspecified atom stereocenters. The number of hydrogen-bond donors (Lipinski definition) is 2. The Balaban J connectivity index is 1.80. The van der Waals surface area contributed by atoms with Crippen molar-refractivity contribution in [1.82, 2.24) is 10.6 Å². The van der Waals surface area contributed by atoms with E-state index in [0.29, 0.717) is 0 Å². The number of carbonyl (C=O) groups is 1. The van der Waals surface area contributed by atoms with Gasteiger partial charge in [-0.05, 0) is 12.8 Å². The molecule has 1 aliphatic heterocycles. The highest BCUT2D eigenvalue weighted by atomic mass is 16.5. The van der Waals surface area contributed by atoms with Crippen LogP contribution in [0.3, 0.4) is 0 Å². The van der Waals surface area contributed by atoms with Crippen molar-refractivity contribution in [2.45, 2.75) is 31.4 Å². The molecule has 4 nitrogen and oxygen atoms in total. The number of carbonyl (C=O) groups excluding carboxylic acids is 1. The van der Waals surface area contributed by atoms with Gasteiger partial charge < -0.3 is 15.4 Å². The first-order valence-corrected chi connectivity index (χ1v) is 5.35. The summed E-state index contributed by atoms with van der Waals surface area (Å²) in [5.74, 6) is 0.486. The molecule has 2 fully saturated rings. The fraction of sp³-hybridized carbons (Fsp3) is 0.900. The molecule has 4 heteroatoms. The van der Waals surface area contributed by atoms with Crippen LogP contribution in [0.4, 0.5) is 0 Å². The van der Waals surface area contributed by atoms with E-state index in [0.717, 1.165) is 25.9 Å². The zero-order valence-electron chi connectivity index (χ0n) is 8.58. The summed E-state index contributed by atoms with van der Waals surface area (Å²) in [5, 5.41) is 6.27. The van der Waals surface area contributed by atoms with Crippen LogP contribution in [0.15, 0.2) is 0 Å². The van der Waals surface area contributed by atoms with Crippen LogP contribution in [0.1, 0.15) is 19.3 Å². The van der Waals surface area contributed by atoms with E-state index < -0.39 is 0 Å². The Morgan fingerprint density at radius 1 is 1.43 bits per heavy atom. The van der Waals surface area contributed by atoms with E-state index in [1.54, 1.807) is 7.11 Å². The molecule has 2 atom stereocenters. The van der Waals surface area contributed by atoms with E-state index in [9.17, 15) is 4.79 Å². The van der Waals surface area contributed by atoms with Gasteiger partial charge in [0.05, 0.1) is 12.1 Å². The molecule has 0 aromatic heterocycles. The zero-order valence-corrected chi connectivity index (χ0v) is 8.58. The molecule has 1 saturated carbocycles. The minimum atomic E-state index is 0.138. The maximum absolute atomic E-state index is 11.6. The normalized spacial score (nSPS) is 32.6. The molecular weight excluding hydrogens is 180 g/mol. The topological polar surface area (TPSA) is 50.4 Å². The summed E-state index contributed by atoms with van der Waals surface area (Å²) >= 11 is 0. The third kappa shape index (κ3) is 1.91. The molecule has 1 heterocycles. The summed E-state index contributed by atoms with van der Waals surface area (Å²) in [6.45, 7) is 1.67. The number of methoxy groups -OCH3 is 1. The first-order valence-electron chi connectivity index (χ1n) is 5.35. The molecule has 80 valence electrons. The van der Waals surface area contributed by atoms with Gasteiger partial charge in [-0.2, -0.15) is 0 Å². The van der Waals surface area contributed by atoms with E-state index in [1.165, 1.54) is 6.42 Å². The summed E-state index contributed by atoms with van der Waals surface area (Å²) in [6.07, 6.45) is 3.46. The average molecular weight is 198 g/mol. The van der Waals surface area contributed by atoms with Crippen molar-refractivity contribution < 1.29 is 9.53 Å². The van der Waals surface area contributed by atoms with E-state index in [2.05, 4.69) is 10.6 Å². The minimum absolute atomic E-state index is 0.138. The fourth-order valence-corrected chi connectivity index (χ4v) is 2.02. The van der Waals surface area contributed by atoms with Crippen molar-refractivity contribution in [3.05, 3.63) is 0 Å². The van der Waals surface area contributed by atoms with E-state index in [4.69, 9.17) is 4.74 Å². The Morgan fingerprint density at radius 2 is 2.21 bits per heavy atom. The molecule has 2 rings (SSSR count). The molecule has 2 aliphatic rings. The molecule has 0 bridgehead atoms. The molecular formula is C10H18N2O2. The number of ether oxygens (including phenoxy) is 1. The summed E-state index contributed by atoms with van der Waals surface area (Å²) in [7, 11) is 1.69. The molecule has 1 aliphatic carbocycles. The smallest absolute Gasteiger partial charge is 0.223 e. The van der Waals surface area contributed by atoms with Crippen molar-refractivity contribution in [2.75, 3.05) is 20.2 Å². The maximum atomic E-state index is 11.6. The van der Waals surface area contributed by atoms with Gasteiger partial charge >= 0.3 is 0 Å². The van der Waals surface area contributed by atoms with Gasteiger partial charge in [0.2, 0.25) is 5.91 Å². The van der Waals surface area contributed by atoms with Gasteiger partial charge in [0.15, 0.2) is 0 Å². The zero-order chi connectivity index (χ0) is 9.97. The number of nitrogens with one attached hydrogen (secondary N) is 2. The maximum Gasteiger partial charge on any atom is 0.223 e. The van der Waals surface area contributed by atoms with Crippen LogP contribution < -0.4 is 10.6 Å². The lowest BCUT2D eigenvalue weighted by molar-refractivity contribution is -0.128. The first-order chi connectivity index (χ1) is 6.81. The largest absolute Gasteiger partial charge is 0.378 e. The lowest BCUT2D eigenvalue weighted by atomic mass is 9.84. The number of amides is 1. The minimum Gasteiger partial charge on any atom is -0.378 e. The number of hydrogen-bond acceptors (Lipinski definition) is 3. The van der Waals surface area contributed by atoms with Gasteiger partial charge in [0, 0.05) is 26.1 Å². The third-order valence-corrected chi connectivity index (χ3v) is 3.26. The second-order valence-electron chi connectivity index (χ2n) is 4.18. The Labute approximate surface area is 84.4 Å². The first kappa shape index (κ1) is 9.93. The summed E-state index contributed by atoms with van der Waals surface area (Å²) in [5.41, 5.74) is 0. The number of rotatable bonds is 3. The van der Waals surface area contributed by atoms with Crippen molar-refractivity contribution in [3.63, 3.8) is 0 Å². The Hall–Kier alpha value is -0.610. The molecule has 0 aromatic carbocycles. The molecule has 1 saturated heterocycles. The highest BCUT2D eigenvalue weighted by molar-refractivity contribution is 5.79. The van der Waals surface area contributed by atoms with E-state index in [-0.39, 0.29) is 24.0 Å². The van der Waals surface area contributed by atoms with Crippen molar-refractivity contribution in [2.24, 2.45) is 5.92 Å². The van der Waals surface area contributed by atoms with E-state index in [1.807, 2.05) is 0 Å². The van der Waals surface area contributed by atoms with Gasteiger partial charge in [0.1, 0.15) is 0 Å². The van der Waals surface area contributed by atoms with Crippen molar-refractivity contribution in [3.8, 4) is 0 Å². The van der Waals surface area contributed by atoms with Crippen LogP contribution >= 0.6 is 0 Å². The quantitative estimate of drug-likeness (QED) is 0.665. The van der Waals surface area contributed by atoms with Crippen LogP contribution in [0.5, 0.6) is 0 Å². The van der Waals surface area contributed by atoms with Gasteiger partial charge in [-0.25, -0.2) is 0 Å². The Bertz CT molecular complexity index is 216. The Morgan fingerprint density at radius 3 is 2.79 bits per heavy atom.